The van der Waals surface area contributed by atoms with Gasteiger partial charge >= 0.3 is 0 Å². The number of nitrogens with one attached hydrogen (secondary N) is 1. The maximum absolute atomic E-state index is 14.2. The van der Waals surface area contributed by atoms with E-state index in [0.717, 1.165) is 19.4 Å². The number of anilines is 1. The first-order chi connectivity index (χ1) is 11.0. The lowest BCUT2D eigenvalue weighted by atomic mass is 9.80. The zero-order valence-corrected chi connectivity index (χ0v) is 13.5. The normalized spacial score (nSPS) is 24.0. The Kier molecular flexibility index (Phi) is 3.32. The molecule has 1 spiro atoms. The van der Waals surface area contributed by atoms with Crippen LogP contribution in [-0.4, -0.2) is 39.5 Å². The molecule has 2 fully saturated rings. The van der Waals surface area contributed by atoms with Crippen molar-refractivity contribution in [3.05, 3.63) is 22.5 Å². The van der Waals surface area contributed by atoms with Crippen LogP contribution in [0.2, 0.25) is 10.4 Å². The third-order valence-corrected chi connectivity index (χ3v) is 4.81. The van der Waals surface area contributed by atoms with Crippen LogP contribution in [0.3, 0.4) is 0 Å². The minimum atomic E-state index is -0.710. The molecule has 2 aliphatic heterocycles. The molecular weight excluding hydrogens is 344 g/mol. The molecule has 0 radical (unpaired) electrons. The topological polar surface area (TPSA) is 71.0 Å². The standard InChI is InChI=1S/C14H12Cl2FN5O/c15-11-9(17)10-7(5-18-11)12(20-13(16)19-10)22-3-1-2-14(6-22)4-8(23)21-14/h5H,1-4,6H2,(H,21,23)/t14-/m0/s1. The first-order valence-corrected chi connectivity index (χ1v) is 7.96. The molecule has 1 N–H and O–H groups in total. The first kappa shape index (κ1) is 14.8. The monoisotopic (exact) mass is 355 g/mol. The van der Waals surface area contributed by atoms with Crippen molar-refractivity contribution in [2.24, 2.45) is 0 Å². The van der Waals surface area contributed by atoms with Crippen LogP contribution in [-0.2, 0) is 4.79 Å². The van der Waals surface area contributed by atoms with Crippen molar-refractivity contribution < 1.29 is 9.18 Å². The molecule has 0 aromatic carbocycles. The van der Waals surface area contributed by atoms with Gasteiger partial charge in [0.15, 0.2) is 11.0 Å². The predicted octanol–water partition coefficient (Wildman–Crippen LogP) is 2.33. The molecule has 9 heteroatoms. The lowest BCUT2D eigenvalue weighted by molar-refractivity contribution is -0.133. The largest absolute Gasteiger partial charge is 0.354 e. The fourth-order valence-electron chi connectivity index (χ4n) is 3.38. The van der Waals surface area contributed by atoms with E-state index in [0.29, 0.717) is 24.2 Å². The summed E-state index contributed by atoms with van der Waals surface area (Å²) < 4.78 is 14.2. The molecule has 1 amide bonds. The Labute approximate surface area is 141 Å². The highest BCUT2D eigenvalue weighted by molar-refractivity contribution is 6.30. The number of halogens is 3. The number of hydrogen-bond donors (Lipinski definition) is 1. The van der Waals surface area contributed by atoms with Gasteiger partial charge in [-0.2, -0.15) is 4.98 Å². The van der Waals surface area contributed by atoms with Crippen LogP contribution in [0, 0.1) is 5.82 Å². The van der Waals surface area contributed by atoms with Gasteiger partial charge in [-0.1, -0.05) is 11.6 Å². The summed E-state index contributed by atoms with van der Waals surface area (Å²) in [4.78, 5) is 25.3. The molecule has 2 aromatic rings. The van der Waals surface area contributed by atoms with E-state index < -0.39 is 5.82 Å². The molecule has 0 aliphatic carbocycles. The van der Waals surface area contributed by atoms with Crippen molar-refractivity contribution in [1.82, 2.24) is 20.3 Å². The number of aromatic nitrogens is 3. The number of β-lactam (4-membered cyclic amide) rings is 1. The van der Waals surface area contributed by atoms with E-state index in [9.17, 15) is 9.18 Å². The molecule has 0 bridgehead atoms. The van der Waals surface area contributed by atoms with Crippen LogP contribution < -0.4 is 10.2 Å². The predicted molar refractivity (Wildman–Crippen MR) is 84.2 cm³/mol. The second-order valence-electron chi connectivity index (χ2n) is 5.97. The smallest absolute Gasteiger partial charge is 0.225 e. The van der Waals surface area contributed by atoms with Crippen LogP contribution in [0.5, 0.6) is 0 Å². The van der Waals surface area contributed by atoms with Crippen molar-refractivity contribution >= 4 is 45.8 Å². The summed E-state index contributed by atoms with van der Waals surface area (Å²) in [5.74, 6) is -0.140. The Morgan fingerprint density at radius 1 is 1.35 bits per heavy atom. The molecule has 1 atom stereocenters. The molecule has 23 heavy (non-hydrogen) atoms. The van der Waals surface area contributed by atoms with E-state index >= 15 is 0 Å². The fourth-order valence-corrected chi connectivity index (χ4v) is 3.68. The first-order valence-electron chi connectivity index (χ1n) is 7.21. The van der Waals surface area contributed by atoms with E-state index in [1.807, 2.05) is 4.90 Å². The van der Waals surface area contributed by atoms with Crippen LogP contribution in [0.25, 0.3) is 10.9 Å². The van der Waals surface area contributed by atoms with Gasteiger partial charge in [0.05, 0.1) is 17.3 Å². The summed E-state index contributed by atoms with van der Waals surface area (Å²) in [6.45, 7) is 1.34. The minimum Gasteiger partial charge on any atom is -0.354 e. The highest BCUT2D eigenvalue weighted by Crippen LogP contribution is 2.35. The molecule has 0 unspecified atom stereocenters. The number of amides is 1. The Balaban J connectivity index is 1.79. The Bertz CT molecular complexity index is 822. The number of nitrogens with zero attached hydrogens (tertiary/aromatic N) is 4. The van der Waals surface area contributed by atoms with Gasteiger partial charge in [-0.05, 0) is 24.4 Å². The molecule has 120 valence electrons. The van der Waals surface area contributed by atoms with Crippen molar-refractivity contribution in [1.29, 1.82) is 0 Å². The third kappa shape index (κ3) is 2.38. The van der Waals surface area contributed by atoms with E-state index in [2.05, 4.69) is 20.3 Å². The quantitative estimate of drug-likeness (QED) is 0.483. The fraction of sp³-hybridized carbons (Fsp3) is 0.429. The van der Waals surface area contributed by atoms with Gasteiger partial charge in [0.2, 0.25) is 11.2 Å². The van der Waals surface area contributed by atoms with E-state index in [1.165, 1.54) is 6.20 Å². The maximum Gasteiger partial charge on any atom is 0.225 e. The average molecular weight is 356 g/mol. The second kappa shape index (κ2) is 5.14. The van der Waals surface area contributed by atoms with Crippen molar-refractivity contribution in [3.8, 4) is 0 Å². The van der Waals surface area contributed by atoms with Crippen molar-refractivity contribution in [2.45, 2.75) is 24.8 Å². The summed E-state index contributed by atoms with van der Waals surface area (Å²) in [5.41, 5.74) is -0.172. The number of piperidine rings is 1. The van der Waals surface area contributed by atoms with Gasteiger partial charge in [-0.3, -0.25) is 4.79 Å². The van der Waals surface area contributed by atoms with Crippen LogP contribution >= 0.6 is 23.2 Å². The third-order valence-electron chi connectivity index (χ3n) is 4.37. The zero-order valence-electron chi connectivity index (χ0n) is 11.9. The number of carbonyl (C=O) groups excluding carboxylic acids is 1. The summed E-state index contributed by atoms with van der Waals surface area (Å²) >= 11 is 11.7. The van der Waals surface area contributed by atoms with Crippen molar-refractivity contribution in [3.63, 3.8) is 0 Å². The van der Waals surface area contributed by atoms with Crippen LogP contribution in [0.15, 0.2) is 6.20 Å². The highest BCUT2D eigenvalue weighted by Gasteiger charge is 2.46. The molecular formula is C14H12Cl2FN5O. The molecule has 2 aliphatic rings. The maximum atomic E-state index is 14.2. The zero-order chi connectivity index (χ0) is 16.2. The highest BCUT2D eigenvalue weighted by atomic mass is 35.5. The van der Waals surface area contributed by atoms with E-state index in [4.69, 9.17) is 23.2 Å². The van der Waals surface area contributed by atoms with Crippen LogP contribution in [0.4, 0.5) is 10.2 Å². The summed E-state index contributed by atoms with van der Waals surface area (Å²) in [6, 6.07) is 0. The SMILES string of the molecule is O=C1C[C@]2(CCCN(c3nc(Cl)nc4c(F)c(Cl)ncc34)C2)N1. The number of fused-ring (bicyclic) bond motifs is 1. The Morgan fingerprint density at radius 2 is 2.13 bits per heavy atom. The van der Waals surface area contributed by atoms with Gasteiger partial charge in [0.25, 0.3) is 0 Å². The van der Waals surface area contributed by atoms with Gasteiger partial charge < -0.3 is 10.2 Å². The van der Waals surface area contributed by atoms with Crippen molar-refractivity contribution in [2.75, 3.05) is 18.0 Å². The Morgan fingerprint density at radius 3 is 2.87 bits per heavy atom. The summed E-state index contributed by atoms with van der Waals surface area (Å²) in [6.07, 6.45) is 3.77. The number of carbonyl (C=O) groups is 1. The molecule has 4 rings (SSSR count). The molecule has 0 saturated carbocycles. The lowest BCUT2D eigenvalue weighted by Crippen LogP contribution is -2.68. The van der Waals surface area contributed by atoms with Crippen LogP contribution in [0.1, 0.15) is 19.3 Å². The number of rotatable bonds is 1. The molecule has 2 aromatic heterocycles. The average Bonchev–Trinajstić information content (AvgIpc) is 2.50. The number of hydrogen-bond acceptors (Lipinski definition) is 5. The second-order valence-corrected chi connectivity index (χ2v) is 6.67. The van der Waals surface area contributed by atoms with Gasteiger partial charge in [-0.25, -0.2) is 14.4 Å². The Hall–Kier alpha value is -1.73. The summed E-state index contributed by atoms with van der Waals surface area (Å²) in [7, 11) is 0. The molecule has 4 heterocycles. The van der Waals surface area contributed by atoms with Gasteiger partial charge in [0.1, 0.15) is 11.3 Å². The molecule has 2 saturated heterocycles. The van der Waals surface area contributed by atoms with E-state index in [1.54, 1.807) is 0 Å². The van der Waals surface area contributed by atoms with Gasteiger partial charge in [0, 0.05) is 19.3 Å². The lowest BCUT2D eigenvalue weighted by Gasteiger charge is -2.49. The summed E-state index contributed by atoms with van der Waals surface area (Å²) in [5, 5.41) is 3.13. The number of pyridine rings is 1. The van der Waals surface area contributed by atoms with Gasteiger partial charge in [-0.15, -0.1) is 0 Å². The minimum absolute atomic E-state index is 0.0501. The molecule has 6 nitrogen and oxygen atoms in total. The van der Waals surface area contributed by atoms with E-state index in [-0.39, 0.29) is 27.4 Å².